The molecule has 0 aliphatic heterocycles. The van der Waals surface area contributed by atoms with Crippen molar-refractivity contribution in [3.63, 3.8) is 0 Å². The minimum Gasteiger partial charge on any atom is -0.322 e. The zero-order valence-corrected chi connectivity index (χ0v) is 13.9. The smallest absolute Gasteiger partial charge is 0.261 e. The Bertz CT molecular complexity index is 862. The zero-order valence-electron chi connectivity index (χ0n) is 13.0. The third-order valence-electron chi connectivity index (χ3n) is 3.21. The normalized spacial score (nSPS) is 10.9. The number of hydrogen-bond donors (Lipinski definition) is 2. The zero-order chi connectivity index (χ0) is 17.7. The van der Waals surface area contributed by atoms with Crippen LogP contribution in [0.25, 0.3) is 0 Å². The Hall–Kier alpha value is -2.67. The summed E-state index contributed by atoms with van der Waals surface area (Å²) in [5.74, 6) is -0.906. The maximum Gasteiger partial charge on any atom is 0.261 e. The van der Waals surface area contributed by atoms with E-state index in [-0.39, 0.29) is 10.5 Å². The summed E-state index contributed by atoms with van der Waals surface area (Å²) in [6.45, 7) is 5.38. The number of rotatable bonds is 6. The third-order valence-corrected chi connectivity index (χ3v) is 4.65. The highest BCUT2D eigenvalue weighted by molar-refractivity contribution is 7.89. The summed E-state index contributed by atoms with van der Waals surface area (Å²) in [6.07, 6.45) is 0.462. The van der Waals surface area contributed by atoms with Gasteiger partial charge in [0.2, 0.25) is 0 Å². The van der Waals surface area contributed by atoms with Crippen molar-refractivity contribution in [2.24, 2.45) is 0 Å². The van der Waals surface area contributed by atoms with Gasteiger partial charge in [0.15, 0.2) is 0 Å². The number of amides is 1. The summed E-state index contributed by atoms with van der Waals surface area (Å²) in [5.41, 5.74) is 0.938. The first-order valence-corrected chi connectivity index (χ1v) is 8.67. The minimum atomic E-state index is -3.79. The lowest BCUT2D eigenvalue weighted by molar-refractivity contribution is 0.102. The third kappa shape index (κ3) is 4.42. The molecule has 0 saturated heterocycles. The van der Waals surface area contributed by atoms with E-state index in [1.165, 1.54) is 48.5 Å². The van der Waals surface area contributed by atoms with Crippen molar-refractivity contribution in [1.29, 1.82) is 0 Å². The first-order valence-electron chi connectivity index (χ1n) is 7.19. The van der Waals surface area contributed by atoms with E-state index in [9.17, 15) is 17.6 Å². The molecular formula is C17H17FN2O3S. The maximum atomic E-state index is 12.9. The Labute approximate surface area is 140 Å². The Morgan fingerprint density at radius 2 is 1.83 bits per heavy atom. The second-order valence-corrected chi connectivity index (χ2v) is 6.73. The van der Waals surface area contributed by atoms with E-state index in [1.807, 2.05) is 0 Å². The summed E-state index contributed by atoms with van der Waals surface area (Å²) in [6, 6.07) is 10.9. The lowest BCUT2D eigenvalue weighted by Crippen LogP contribution is -2.23. The molecule has 1 amide bonds. The van der Waals surface area contributed by atoms with Gasteiger partial charge in [-0.3, -0.25) is 9.52 Å². The highest BCUT2D eigenvalue weighted by atomic mass is 32.2. The van der Waals surface area contributed by atoms with Crippen molar-refractivity contribution in [2.75, 3.05) is 5.32 Å². The minimum absolute atomic E-state index is 0.0381. The molecule has 0 aromatic heterocycles. The molecule has 0 fully saturated rings. The van der Waals surface area contributed by atoms with Gasteiger partial charge in [0.1, 0.15) is 5.82 Å². The van der Waals surface area contributed by atoms with Crippen LogP contribution in [0.4, 0.5) is 10.1 Å². The second kappa shape index (κ2) is 7.27. The number of carbonyl (C=O) groups is 1. The molecule has 2 N–H and O–H groups in total. The van der Waals surface area contributed by atoms with E-state index >= 15 is 0 Å². The molecular weight excluding hydrogens is 331 g/mol. The van der Waals surface area contributed by atoms with Crippen LogP contribution in [-0.2, 0) is 10.0 Å². The average molecular weight is 348 g/mol. The lowest BCUT2D eigenvalue weighted by atomic mass is 10.2. The molecule has 0 unspecified atom stereocenters. The van der Waals surface area contributed by atoms with Gasteiger partial charge >= 0.3 is 0 Å². The quantitative estimate of drug-likeness (QED) is 0.841. The lowest BCUT2D eigenvalue weighted by Gasteiger charge is -2.10. The SMILES string of the molecule is C=C(CC)NS(=O)(=O)c1cccc(C(=O)Nc2ccc(F)cc2)c1. The highest BCUT2D eigenvalue weighted by Crippen LogP contribution is 2.15. The van der Waals surface area contributed by atoms with Crippen LogP contribution >= 0.6 is 0 Å². The Morgan fingerprint density at radius 3 is 2.46 bits per heavy atom. The Kier molecular flexibility index (Phi) is 5.35. The highest BCUT2D eigenvalue weighted by Gasteiger charge is 2.16. The van der Waals surface area contributed by atoms with E-state index in [0.717, 1.165) is 0 Å². The van der Waals surface area contributed by atoms with E-state index in [1.54, 1.807) is 6.92 Å². The molecule has 0 heterocycles. The Morgan fingerprint density at radius 1 is 1.17 bits per heavy atom. The van der Waals surface area contributed by atoms with Crippen LogP contribution in [0, 0.1) is 5.82 Å². The predicted octanol–water partition coefficient (Wildman–Crippen LogP) is 3.28. The van der Waals surface area contributed by atoms with E-state index in [0.29, 0.717) is 17.8 Å². The largest absolute Gasteiger partial charge is 0.322 e. The number of allylic oxidation sites excluding steroid dienone is 1. The molecule has 0 bridgehead atoms. The van der Waals surface area contributed by atoms with Crippen molar-refractivity contribution in [3.8, 4) is 0 Å². The molecule has 2 rings (SSSR count). The standard InChI is InChI=1S/C17H17FN2O3S/c1-3-12(2)20-24(22,23)16-6-4-5-13(11-16)17(21)19-15-9-7-14(18)8-10-15/h4-11,20H,2-3H2,1H3,(H,19,21). The fourth-order valence-corrected chi connectivity index (χ4v) is 3.04. The number of benzene rings is 2. The maximum absolute atomic E-state index is 12.9. The van der Waals surface area contributed by atoms with Crippen LogP contribution in [0.15, 0.2) is 65.7 Å². The molecule has 0 atom stereocenters. The van der Waals surface area contributed by atoms with Gasteiger partial charge in [-0.05, 0) is 48.9 Å². The van der Waals surface area contributed by atoms with Crippen LogP contribution in [0.2, 0.25) is 0 Å². The fraction of sp³-hybridized carbons (Fsp3) is 0.118. The van der Waals surface area contributed by atoms with Crippen LogP contribution in [0.5, 0.6) is 0 Å². The van der Waals surface area contributed by atoms with E-state index < -0.39 is 21.7 Å². The summed E-state index contributed by atoms with van der Waals surface area (Å²) >= 11 is 0. The number of halogens is 1. The van der Waals surface area contributed by atoms with Gasteiger partial charge < -0.3 is 5.32 Å². The van der Waals surface area contributed by atoms with E-state index in [2.05, 4.69) is 16.6 Å². The van der Waals surface area contributed by atoms with Crippen LogP contribution < -0.4 is 10.0 Å². The van der Waals surface area contributed by atoms with Gasteiger partial charge in [0.25, 0.3) is 15.9 Å². The summed E-state index contributed by atoms with van der Waals surface area (Å²) < 4.78 is 39.7. The van der Waals surface area contributed by atoms with Crippen molar-refractivity contribution < 1.29 is 17.6 Å². The molecule has 5 nitrogen and oxygen atoms in total. The number of nitrogens with one attached hydrogen (secondary N) is 2. The summed E-state index contributed by atoms with van der Waals surface area (Å²) in [5, 5.41) is 2.58. The molecule has 24 heavy (non-hydrogen) atoms. The van der Waals surface area contributed by atoms with Gasteiger partial charge in [0.05, 0.1) is 4.90 Å². The molecule has 0 spiro atoms. The van der Waals surface area contributed by atoms with Gasteiger partial charge in [-0.15, -0.1) is 0 Å². The molecule has 0 radical (unpaired) electrons. The number of sulfonamides is 1. The topological polar surface area (TPSA) is 75.3 Å². The summed E-state index contributed by atoms with van der Waals surface area (Å²) in [7, 11) is -3.79. The van der Waals surface area contributed by atoms with Gasteiger partial charge in [-0.2, -0.15) is 0 Å². The average Bonchev–Trinajstić information content (AvgIpc) is 2.56. The van der Waals surface area contributed by atoms with E-state index in [4.69, 9.17) is 0 Å². The molecule has 2 aromatic carbocycles. The number of hydrogen-bond acceptors (Lipinski definition) is 3. The van der Waals surface area contributed by atoms with Crippen molar-refractivity contribution in [1.82, 2.24) is 4.72 Å². The van der Waals surface area contributed by atoms with Crippen molar-refractivity contribution in [3.05, 3.63) is 72.2 Å². The fourth-order valence-electron chi connectivity index (χ4n) is 1.86. The van der Waals surface area contributed by atoms with Crippen molar-refractivity contribution >= 4 is 21.6 Å². The van der Waals surface area contributed by atoms with Crippen LogP contribution in [0.3, 0.4) is 0 Å². The predicted molar refractivity (Wildman–Crippen MR) is 90.5 cm³/mol. The monoisotopic (exact) mass is 348 g/mol. The first kappa shape index (κ1) is 17.7. The van der Waals surface area contributed by atoms with Crippen LogP contribution in [0.1, 0.15) is 23.7 Å². The van der Waals surface area contributed by atoms with Crippen molar-refractivity contribution in [2.45, 2.75) is 18.2 Å². The first-order chi connectivity index (χ1) is 11.3. The number of anilines is 1. The molecule has 7 heteroatoms. The molecule has 0 aliphatic rings. The van der Waals surface area contributed by atoms with Gasteiger partial charge in [-0.1, -0.05) is 19.6 Å². The van der Waals surface area contributed by atoms with Gasteiger partial charge in [0, 0.05) is 16.9 Å². The van der Waals surface area contributed by atoms with Crippen LogP contribution in [-0.4, -0.2) is 14.3 Å². The number of carbonyl (C=O) groups excluding carboxylic acids is 1. The Balaban J connectivity index is 2.21. The molecule has 126 valence electrons. The molecule has 0 saturated carbocycles. The molecule has 0 aliphatic carbocycles. The second-order valence-electron chi connectivity index (χ2n) is 5.05. The molecule has 2 aromatic rings. The summed E-state index contributed by atoms with van der Waals surface area (Å²) in [4.78, 5) is 12.2. The van der Waals surface area contributed by atoms with Gasteiger partial charge in [-0.25, -0.2) is 12.8 Å².